The minimum absolute atomic E-state index is 0.242. The zero-order chi connectivity index (χ0) is 16.3. The first kappa shape index (κ1) is 18.1. The average molecular weight is 316 g/mol. The fraction of sp³-hybridized carbons (Fsp3) is 0.600. The van der Waals surface area contributed by atoms with Gasteiger partial charge in [-0.1, -0.05) is 33.8 Å². The molecule has 0 aliphatic rings. The van der Waals surface area contributed by atoms with E-state index in [1.807, 2.05) is 27.7 Å². The van der Waals surface area contributed by atoms with Crippen LogP contribution < -0.4 is 10.0 Å². The fourth-order valence-corrected chi connectivity index (χ4v) is 3.12. The van der Waals surface area contributed by atoms with Crippen molar-refractivity contribution in [3.05, 3.63) is 29.6 Å². The lowest BCUT2D eigenvalue weighted by atomic mass is 9.89. The lowest BCUT2D eigenvalue weighted by Gasteiger charge is -2.27. The first-order valence-electron chi connectivity index (χ1n) is 7.09. The highest BCUT2D eigenvalue weighted by Crippen LogP contribution is 2.22. The number of benzene rings is 1. The van der Waals surface area contributed by atoms with E-state index in [9.17, 15) is 12.8 Å². The third-order valence-corrected chi connectivity index (χ3v) is 5.07. The summed E-state index contributed by atoms with van der Waals surface area (Å²) in [4.78, 5) is -0.307. The van der Waals surface area contributed by atoms with Crippen molar-refractivity contribution in [1.82, 2.24) is 10.0 Å². The number of hydrogen-bond donors (Lipinski definition) is 2. The summed E-state index contributed by atoms with van der Waals surface area (Å²) in [6.45, 7) is 10.8. The molecule has 1 aromatic carbocycles. The molecule has 120 valence electrons. The Labute approximate surface area is 127 Å². The molecule has 0 aliphatic carbocycles. The maximum atomic E-state index is 14.1. The van der Waals surface area contributed by atoms with E-state index in [-0.39, 0.29) is 16.4 Å². The van der Waals surface area contributed by atoms with E-state index in [0.717, 1.165) is 12.1 Å². The van der Waals surface area contributed by atoms with Gasteiger partial charge in [0.2, 0.25) is 10.0 Å². The van der Waals surface area contributed by atoms with Crippen LogP contribution in [0.2, 0.25) is 0 Å². The predicted molar refractivity (Wildman–Crippen MR) is 83.0 cm³/mol. The van der Waals surface area contributed by atoms with Crippen molar-refractivity contribution in [2.75, 3.05) is 6.54 Å². The van der Waals surface area contributed by atoms with Crippen LogP contribution in [0.25, 0.3) is 0 Å². The number of sulfonamides is 1. The van der Waals surface area contributed by atoms with Crippen LogP contribution in [0.4, 0.5) is 4.39 Å². The molecule has 0 heterocycles. The topological polar surface area (TPSA) is 58.2 Å². The smallest absolute Gasteiger partial charge is 0.243 e. The van der Waals surface area contributed by atoms with Gasteiger partial charge in [0.05, 0.1) is 0 Å². The van der Waals surface area contributed by atoms with Crippen LogP contribution in [0, 0.1) is 11.2 Å². The van der Waals surface area contributed by atoms with Crippen molar-refractivity contribution >= 4 is 10.0 Å². The van der Waals surface area contributed by atoms with Gasteiger partial charge in [0.15, 0.2) is 0 Å². The van der Waals surface area contributed by atoms with Crippen molar-refractivity contribution in [3.63, 3.8) is 0 Å². The molecule has 0 radical (unpaired) electrons. The zero-order valence-electron chi connectivity index (χ0n) is 13.3. The Morgan fingerprint density at radius 3 is 2.38 bits per heavy atom. The molecule has 1 unspecified atom stereocenters. The summed E-state index contributed by atoms with van der Waals surface area (Å²) >= 11 is 0. The minimum atomic E-state index is -3.86. The van der Waals surface area contributed by atoms with Crippen molar-refractivity contribution < 1.29 is 12.8 Å². The van der Waals surface area contributed by atoms with Crippen molar-refractivity contribution in [2.24, 2.45) is 5.41 Å². The van der Waals surface area contributed by atoms with Crippen LogP contribution in [0.15, 0.2) is 23.1 Å². The predicted octanol–water partition coefficient (Wildman–Crippen LogP) is 2.65. The van der Waals surface area contributed by atoms with Crippen molar-refractivity contribution in [1.29, 1.82) is 0 Å². The normalized spacial score (nSPS) is 14.2. The summed E-state index contributed by atoms with van der Waals surface area (Å²) < 4.78 is 41.1. The van der Waals surface area contributed by atoms with Crippen LogP contribution in [0.1, 0.15) is 40.2 Å². The molecule has 4 nitrogen and oxygen atoms in total. The number of nitrogens with one attached hydrogen (secondary N) is 2. The molecule has 6 heteroatoms. The molecule has 1 rings (SSSR count). The monoisotopic (exact) mass is 316 g/mol. The third-order valence-electron chi connectivity index (χ3n) is 3.50. The molecule has 0 amide bonds. The number of halogens is 1. The maximum Gasteiger partial charge on any atom is 0.243 e. The molecule has 0 saturated heterocycles. The summed E-state index contributed by atoms with van der Waals surface area (Å²) in [5.41, 5.74) is 0.478. The first-order valence-corrected chi connectivity index (χ1v) is 8.57. The zero-order valence-corrected chi connectivity index (χ0v) is 14.1. The van der Waals surface area contributed by atoms with Crippen LogP contribution >= 0.6 is 0 Å². The Bertz CT molecular complexity index is 580. The van der Waals surface area contributed by atoms with E-state index in [1.54, 1.807) is 13.0 Å². The van der Waals surface area contributed by atoms with Gasteiger partial charge >= 0.3 is 0 Å². The van der Waals surface area contributed by atoms with E-state index in [4.69, 9.17) is 0 Å². The highest BCUT2D eigenvalue weighted by atomic mass is 32.2. The second-order valence-corrected chi connectivity index (χ2v) is 7.94. The molecular weight excluding hydrogens is 291 g/mol. The second kappa shape index (κ2) is 6.85. The molecule has 0 bridgehead atoms. The van der Waals surface area contributed by atoms with Gasteiger partial charge in [0.1, 0.15) is 10.7 Å². The molecule has 0 aromatic heterocycles. The van der Waals surface area contributed by atoms with Crippen LogP contribution in [-0.2, 0) is 16.6 Å². The Kier molecular flexibility index (Phi) is 5.90. The van der Waals surface area contributed by atoms with Gasteiger partial charge in [-0.2, -0.15) is 0 Å². The summed E-state index contributed by atoms with van der Waals surface area (Å²) in [5, 5.41) is 3.07. The molecule has 0 aliphatic heterocycles. The molecular formula is C15H25FN2O2S. The van der Waals surface area contributed by atoms with Crippen molar-refractivity contribution in [3.8, 4) is 0 Å². The van der Waals surface area contributed by atoms with Gasteiger partial charge in [-0.25, -0.2) is 17.5 Å². The third kappa shape index (κ3) is 5.05. The lowest BCUT2D eigenvalue weighted by Crippen LogP contribution is -2.41. The van der Waals surface area contributed by atoms with E-state index in [0.29, 0.717) is 6.54 Å². The Balaban J connectivity index is 2.99. The highest BCUT2D eigenvalue weighted by Gasteiger charge is 2.27. The molecule has 0 saturated carbocycles. The minimum Gasteiger partial charge on any atom is -0.313 e. The van der Waals surface area contributed by atoms with Crippen LogP contribution in [0.3, 0.4) is 0 Å². The summed E-state index contributed by atoms with van der Waals surface area (Å²) in [7, 11) is -3.86. The van der Waals surface area contributed by atoms with Gasteiger partial charge in [-0.15, -0.1) is 0 Å². The van der Waals surface area contributed by atoms with Crippen LogP contribution in [-0.4, -0.2) is 21.0 Å². The lowest BCUT2D eigenvalue weighted by molar-refractivity contribution is 0.317. The van der Waals surface area contributed by atoms with E-state index in [1.165, 1.54) is 12.1 Å². The maximum absolute atomic E-state index is 14.1. The second-order valence-electron chi connectivity index (χ2n) is 6.25. The fourth-order valence-electron chi connectivity index (χ4n) is 1.61. The van der Waals surface area contributed by atoms with Gasteiger partial charge < -0.3 is 5.32 Å². The van der Waals surface area contributed by atoms with Gasteiger partial charge in [0, 0.05) is 12.6 Å². The Morgan fingerprint density at radius 2 is 1.90 bits per heavy atom. The Hall–Kier alpha value is -0.980. The largest absolute Gasteiger partial charge is 0.313 e. The molecule has 1 atom stereocenters. The quantitative estimate of drug-likeness (QED) is 0.848. The number of hydrogen-bond acceptors (Lipinski definition) is 3. The molecule has 21 heavy (non-hydrogen) atoms. The summed E-state index contributed by atoms with van der Waals surface area (Å²) in [6.07, 6.45) is 0. The average Bonchev–Trinajstić information content (AvgIpc) is 2.34. The Morgan fingerprint density at radius 1 is 1.29 bits per heavy atom. The molecule has 0 fully saturated rings. The summed E-state index contributed by atoms with van der Waals surface area (Å²) in [6, 6.07) is 3.91. The van der Waals surface area contributed by atoms with Gasteiger partial charge in [-0.05, 0) is 36.6 Å². The molecule has 2 N–H and O–H groups in total. The standard InChI is InChI=1S/C15H25FN2O2S/c1-6-17-10-12-7-8-14(13(16)9-12)21(19,20)18-11(2)15(3,4)5/h7-9,11,17-18H,6,10H2,1-5H3. The van der Waals surface area contributed by atoms with E-state index >= 15 is 0 Å². The van der Waals surface area contributed by atoms with Gasteiger partial charge in [0.25, 0.3) is 0 Å². The van der Waals surface area contributed by atoms with Crippen molar-refractivity contribution in [2.45, 2.75) is 52.1 Å². The van der Waals surface area contributed by atoms with Gasteiger partial charge in [-0.3, -0.25) is 0 Å². The number of rotatable bonds is 6. The first-order chi connectivity index (χ1) is 9.58. The van der Waals surface area contributed by atoms with E-state index < -0.39 is 15.8 Å². The summed E-state index contributed by atoms with van der Waals surface area (Å²) in [5.74, 6) is -0.723. The molecule has 1 aromatic rings. The van der Waals surface area contributed by atoms with Crippen LogP contribution in [0.5, 0.6) is 0 Å². The highest BCUT2D eigenvalue weighted by molar-refractivity contribution is 7.89. The molecule has 0 spiro atoms. The van der Waals surface area contributed by atoms with E-state index in [2.05, 4.69) is 10.0 Å². The SMILES string of the molecule is CCNCc1ccc(S(=O)(=O)NC(C)C(C)(C)C)c(F)c1.